The van der Waals surface area contributed by atoms with Gasteiger partial charge in [-0.2, -0.15) is 5.10 Å². The topological polar surface area (TPSA) is 151 Å². The van der Waals surface area contributed by atoms with E-state index in [1.54, 1.807) is 25.3 Å². The van der Waals surface area contributed by atoms with Gasteiger partial charge in [-0.15, -0.1) is 5.10 Å². The van der Waals surface area contributed by atoms with Gasteiger partial charge in [0.1, 0.15) is 0 Å². The number of amides is 1. The third kappa shape index (κ3) is 5.99. The van der Waals surface area contributed by atoms with Crippen molar-refractivity contribution >= 4 is 17.9 Å². The first-order valence-electron chi connectivity index (χ1n) is 8.09. The molecule has 144 valence electrons. The number of rotatable bonds is 9. The number of nitrogens with one attached hydrogen (secondary N) is 4. The molecule has 1 aromatic heterocycles. The fourth-order valence-corrected chi connectivity index (χ4v) is 2.04. The molecule has 0 aliphatic heterocycles. The third-order valence-electron chi connectivity index (χ3n) is 3.25. The molecule has 0 aliphatic carbocycles. The first kappa shape index (κ1) is 19.7. The van der Waals surface area contributed by atoms with Crippen LogP contribution in [0.3, 0.4) is 0 Å². The van der Waals surface area contributed by atoms with Gasteiger partial charge in [0.25, 0.3) is 5.56 Å². The monoisotopic (exact) mass is 376 g/mol. The Labute approximate surface area is 153 Å². The Kier molecular flexibility index (Phi) is 7.11. The maximum Gasteiger partial charge on any atom is 0.342 e. The lowest BCUT2D eigenvalue weighted by Gasteiger charge is -2.09. The van der Waals surface area contributed by atoms with Crippen LogP contribution in [0, 0.1) is 0 Å². The summed E-state index contributed by atoms with van der Waals surface area (Å²) in [6.45, 7) is 2.50. The molecule has 0 unspecified atom stereocenters. The molecule has 0 bridgehead atoms. The van der Waals surface area contributed by atoms with Crippen LogP contribution >= 0.6 is 0 Å². The smallest absolute Gasteiger partial charge is 0.342 e. The number of carbonyl (C=O) groups excluding carboxylic acids is 1. The lowest BCUT2D eigenvalue weighted by atomic mass is 10.2. The summed E-state index contributed by atoms with van der Waals surface area (Å²) in [5, 5.41) is 12.1. The number of H-pyrrole nitrogens is 2. The lowest BCUT2D eigenvalue weighted by molar-refractivity contribution is -0.120. The van der Waals surface area contributed by atoms with Crippen LogP contribution in [-0.2, 0) is 4.79 Å². The van der Waals surface area contributed by atoms with Crippen LogP contribution in [0.2, 0.25) is 0 Å². The minimum absolute atomic E-state index is 0.0460. The lowest BCUT2D eigenvalue weighted by Crippen LogP contribution is -2.28. The highest BCUT2D eigenvalue weighted by Gasteiger charge is 2.05. The van der Waals surface area contributed by atoms with Crippen LogP contribution in [0.5, 0.6) is 11.5 Å². The van der Waals surface area contributed by atoms with E-state index < -0.39 is 11.2 Å². The van der Waals surface area contributed by atoms with Crippen molar-refractivity contribution in [1.29, 1.82) is 0 Å². The number of hydrazone groups is 1. The van der Waals surface area contributed by atoms with Gasteiger partial charge in [0.05, 0.1) is 19.9 Å². The van der Waals surface area contributed by atoms with Crippen molar-refractivity contribution in [2.75, 3.05) is 25.6 Å². The quantitative estimate of drug-likeness (QED) is 0.350. The van der Waals surface area contributed by atoms with E-state index in [9.17, 15) is 14.4 Å². The molecule has 0 aliphatic rings. The Morgan fingerprint density at radius 1 is 1.33 bits per heavy atom. The minimum Gasteiger partial charge on any atom is -0.493 e. The average Bonchev–Trinajstić information content (AvgIpc) is 2.64. The largest absolute Gasteiger partial charge is 0.493 e. The number of benzene rings is 1. The van der Waals surface area contributed by atoms with Gasteiger partial charge in [-0.1, -0.05) is 0 Å². The summed E-state index contributed by atoms with van der Waals surface area (Å²) >= 11 is 0. The number of carbonyl (C=O) groups is 1. The number of aromatic nitrogens is 3. The molecule has 1 heterocycles. The van der Waals surface area contributed by atoms with E-state index in [4.69, 9.17) is 9.47 Å². The minimum atomic E-state index is -0.705. The van der Waals surface area contributed by atoms with E-state index >= 15 is 0 Å². The van der Waals surface area contributed by atoms with Gasteiger partial charge >= 0.3 is 5.69 Å². The van der Waals surface area contributed by atoms with Crippen LogP contribution in [0.4, 0.5) is 5.82 Å². The summed E-state index contributed by atoms with van der Waals surface area (Å²) in [7, 11) is 1.55. The van der Waals surface area contributed by atoms with Gasteiger partial charge in [-0.25, -0.2) is 15.3 Å². The molecular weight excluding hydrogens is 356 g/mol. The molecule has 0 saturated carbocycles. The molecule has 1 amide bonds. The summed E-state index contributed by atoms with van der Waals surface area (Å²) < 4.78 is 10.7. The summed E-state index contributed by atoms with van der Waals surface area (Å²) in [5.74, 6) is 0.749. The predicted octanol–water partition coefficient (Wildman–Crippen LogP) is -0.182. The third-order valence-corrected chi connectivity index (χ3v) is 3.25. The molecule has 2 aromatic rings. The Balaban J connectivity index is 1.83. The van der Waals surface area contributed by atoms with E-state index in [0.29, 0.717) is 18.1 Å². The molecule has 2 rings (SSSR count). The SMILES string of the molecule is CCOc1cc(/C=N/NC(=O)CCNc2n[nH]c(=O)[nH]c2=O)ccc1OC. The zero-order valence-electron chi connectivity index (χ0n) is 14.9. The van der Waals surface area contributed by atoms with Crippen molar-refractivity contribution in [3.63, 3.8) is 0 Å². The van der Waals surface area contributed by atoms with E-state index in [1.165, 1.54) is 6.21 Å². The fourth-order valence-electron chi connectivity index (χ4n) is 2.04. The van der Waals surface area contributed by atoms with Gasteiger partial charge in [0, 0.05) is 13.0 Å². The van der Waals surface area contributed by atoms with Crippen LogP contribution in [0.1, 0.15) is 18.9 Å². The Bertz CT molecular complexity index is 920. The zero-order chi connectivity index (χ0) is 19.6. The van der Waals surface area contributed by atoms with Crippen molar-refractivity contribution in [3.8, 4) is 11.5 Å². The highest BCUT2D eigenvalue weighted by molar-refractivity contribution is 5.83. The highest BCUT2D eigenvalue weighted by Crippen LogP contribution is 2.27. The van der Waals surface area contributed by atoms with Gasteiger partial charge in [0.2, 0.25) is 11.7 Å². The molecule has 4 N–H and O–H groups in total. The molecule has 0 saturated heterocycles. The van der Waals surface area contributed by atoms with Crippen LogP contribution in [-0.4, -0.2) is 47.6 Å². The fraction of sp³-hybridized carbons (Fsp3) is 0.312. The van der Waals surface area contributed by atoms with Gasteiger partial charge in [-0.3, -0.25) is 14.6 Å². The Morgan fingerprint density at radius 3 is 2.85 bits per heavy atom. The predicted molar refractivity (Wildman–Crippen MR) is 98.5 cm³/mol. The number of ether oxygens (including phenoxy) is 2. The van der Waals surface area contributed by atoms with Crippen molar-refractivity contribution in [2.45, 2.75) is 13.3 Å². The highest BCUT2D eigenvalue weighted by atomic mass is 16.5. The molecule has 11 heteroatoms. The van der Waals surface area contributed by atoms with Crippen molar-refractivity contribution in [2.24, 2.45) is 5.10 Å². The van der Waals surface area contributed by atoms with Crippen LogP contribution < -0.4 is 31.5 Å². The molecule has 0 spiro atoms. The first-order chi connectivity index (χ1) is 13.0. The first-order valence-corrected chi connectivity index (χ1v) is 8.09. The molecule has 0 atom stereocenters. The van der Waals surface area contributed by atoms with Crippen molar-refractivity contribution in [3.05, 3.63) is 44.6 Å². The van der Waals surface area contributed by atoms with Gasteiger partial charge in [0.15, 0.2) is 11.5 Å². The second-order valence-corrected chi connectivity index (χ2v) is 5.17. The molecule has 1 aromatic carbocycles. The number of hydrogen-bond donors (Lipinski definition) is 4. The summed E-state index contributed by atoms with van der Waals surface area (Å²) in [6.07, 6.45) is 1.52. The molecule has 0 radical (unpaired) electrons. The summed E-state index contributed by atoms with van der Waals surface area (Å²) in [5.41, 5.74) is 1.73. The normalized spacial score (nSPS) is 10.6. The number of aromatic amines is 2. The van der Waals surface area contributed by atoms with E-state index in [0.717, 1.165) is 5.56 Å². The summed E-state index contributed by atoms with van der Waals surface area (Å²) in [4.78, 5) is 36.1. The van der Waals surface area contributed by atoms with E-state index in [-0.39, 0.29) is 24.7 Å². The number of nitrogens with zero attached hydrogens (tertiary/aromatic N) is 2. The Hall–Kier alpha value is -3.63. The maximum absolute atomic E-state index is 11.8. The van der Waals surface area contributed by atoms with E-state index in [1.807, 2.05) is 11.9 Å². The van der Waals surface area contributed by atoms with Crippen LogP contribution in [0.25, 0.3) is 0 Å². The summed E-state index contributed by atoms with van der Waals surface area (Å²) in [6, 6.07) is 5.26. The number of hydrogen-bond acceptors (Lipinski definition) is 8. The van der Waals surface area contributed by atoms with Gasteiger partial charge in [-0.05, 0) is 30.7 Å². The second kappa shape index (κ2) is 9.75. The average molecular weight is 376 g/mol. The zero-order valence-corrected chi connectivity index (χ0v) is 14.9. The molecule has 11 nitrogen and oxygen atoms in total. The maximum atomic E-state index is 11.8. The van der Waals surface area contributed by atoms with Gasteiger partial charge < -0.3 is 14.8 Å². The number of anilines is 1. The molecule has 27 heavy (non-hydrogen) atoms. The second-order valence-electron chi connectivity index (χ2n) is 5.17. The van der Waals surface area contributed by atoms with E-state index in [2.05, 4.69) is 26.0 Å². The molecule has 0 fully saturated rings. The number of methoxy groups -OCH3 is 1. The van der Waals surface area contributed by atoms with Crippen molar-refractivity contribution < 1.29 is 14.3 Å². The Morgan fingerprint density at radius 2 is 2.15 bits per heavy atom. The van der Waals surface area contributed by atoms with Crippen molar-refractivity contribution in [1.82, 2.24) is 20.6 Å². The van der Waals surface area contributed by atoms with Crippen LogP contribution in [0.15, 0.2) is 32.9 Å². The standard InChI is InChI=1S/C16H20N6O5/c1-3-27-12-8-10(4-5-11(12)26-2)9-18-20-13(23)6-7-17-14-15(24)19-16(25)22-21-14/h4-5,8-9H,3,6-7H2,1-2H3,(H,17,21)(H,20,23)(H2,19,22,24,25)/b18-9+. The molecular formula is C16H20N6O5.